The zero-order valence-corrected chi connectivity index (χ0v) is 36.1. The Morgan fingerprint density at radius 2 is 1.75 bits per heavy atom. The van der Waals surface area contributed by atoms with E-state index in [0.717, 1.165) is 69.3 Å². The molecule has 19 heteroatoms. The van der Waals surface area contributed by atoms with Crippen molar-refractivity contribution < 1.29 is 42.5 Å². The number of nitrogens with zero attached hydrogens (tertiary/aromatic N) is 8. The number of hydrogen-bond acceptors (Lipinski definition) is 12. The summed E-state index contributed by atoms with van der Waals surface area (Å²) >= 11 is 0. The lowest BCUT2D eigenvalue weighted by atomic mass is 9.85. The number of carbonyl (C=O) groups excluding carboxylic acids is 4. The molecule has 1 aromatic carbocycles. The highest BCUT2D eigenvalue weighted by atomic mass is 19.3. The van der Waals surface area contributed by atoms with Crippen molar-refractivity contribution in [3.05, 3.63) is 71.3 Å². The Bertz CT molecular complexity index is 2430. The number of benzene rings is 1. The van der Waals surface area contributed by atoms with Gasteiger partial charge in [-0.15, -0.1) is 0 Å². The standard InChI is InChI=1S/C46H54F2N10O7/c47-42(48)41-36(50-44(61)35-25-49-57-23-18-39(51-43(35)57)55-21-14-33(59)15-22-55)27-58(53-41)32-10-6-30(7-11-32)26-54-19-16-34(17-20-54)64-24-2-1-3-29-4-8-31(9-5-29)38-28-56(46(63)65-38)37-12-13-40(60)52-45(37)62/h4-5,8-9,18,23,25,27,30,32-34,37-38,42,59H,2,6-7,10-17,19-22,24,26,28H2,(H,50,61)(H,52,60,62)/t30?,32?,37?,38-/m0/s1. The lowest BCUT2D eigenvalue weighted by Crippen LogP contribution is -2.52. The van der Waals surface area contributed by atoms with Crippen LogP contribution in [-0.4, -0.2) is 127 Å². The number of amides is 4. The van der Waals surface area contributed by atoms with Gasteiger partial charge in [0.1, 0.15) is 23.5 Å². The smallest absolute Gasteiger partial charge is 0.411 e. The highest BCUT2D eigenvalue weighted by Gasteiger charge is 2.42. The molecule has 0 spiro atoms. The van der Waals surface area contributed by atoms with Crippen LogP contribution in [0.3, 0.4) is 0 Å². The molecule has 1 aliphatic carbocycles. The van der Waals surface area contributed by atoms with Crippen molar-refractivity contribution in [3.63, 3.8) is 0 Å². The van der Waals surface area contributed by atoms with Gasteiger partial charge in [-0.2, -0.15) is 10.2 Å². The van der Waals surface area contributed by atoms with E-state index in [1.54, 1.807) is 16.9 Å². The zero-order chi connectivity index (χ0) is 45.0. The van der Waals surface area contributed by atoms with Crippen molar-refractivity contribution in [1.82, 2.24) is 39.5 Å². The van der Waals surface area contributed by atoms with Crippen molar-refractivity contribution in [2.24, 2.45) is 5.92 Å². The van der Waals surface area contributed by atoms with E-state index in [9.17, 15) is 33.1 Å². The second-order valence-electron chi connectivity index (χ2n) is 17.7. The largest absolute Gasteiger partial charge is 0.439 e. The van der Waals surface area contributed by atoms with Gasteiger partial charge in [0.25, 0.3) is 12.3 Å². The molecule has 4 aliphatic heterocycles. The predicted octanol–water partition coefficient (Wildman–Crippen LogP) is 5.03. The lowest BCUT2D eigenvalue weighted by molar-refractivity contribution is -0.136. The number of likely N-dealkylation sites (tertiary alicyclic amines) is 1. The van der Waals surface area contributed by atoms with Gasteiger partial charge in [-0.05, 0) is 87.5 Å². The van der Waals surface area contributed by atoms with E-state index in [4.69, 9.17) is 9.47 Å². The van der Waals surface area contributed by atoms with Gasteiger partial charge in [-0.3, -0.25) is 29.3 Å². The molecule has 1 unspecified atom stereocenters. The molecule has 4 saturated heterocycles. The average molecular weight is 897 g/mol. The molecular formula is C46H54F2N10O7. The van der Waals surface area contributed by atoms with Crippen molar-refractivity contribution in [2.75, 3.05) is 56.1 Å². The maximum atomic E-state index is 14.3. The number of aliphatic hydroxyl groups excluding tert-OH is 1. The number of alkyl halides is 2. The SMILES string of the molecule is O=C1CCC(N2C[C@@H](c3ccc(C#CCCOC4CCN(CC5CCC(n6cc(NC(=O)c7cnn8ccc(N9CCC(O)CC9)nc78)c(C(F)F)n6)CC5)CC4)cc3)OC2=O)C(=O)N1. The molecular weight excluding hydrogens is 843 g/mol. The second kappa shape index (κ2) is 19.6. The maximum Gasteiger partial charge on any atom is 0.411 e. The third-order valence-corrected chi connectivity index (χ3v) is 13.4. The number of anilines is 2. The zero-order valence-electron chi connectivity index (χ0n) is 36.1. The Balaban J connectivity index is 0.686. The molecule has 2 atom stereocenters. The summed E-state index contributed by atoms with van der Waals surface area (Å²) in [5.41, 5.74) is 1.65. The number of piperidine rings is 3. The summed E-state index contributed by atoms with van der Waals surface area (Å²) in [7, 11) is 0. The molecule has 0 radical (unpaired) electrons. The number of halogens is 2. The fraction of sp³-hybridized carbons (Fsp3) is 0.543. The van der Waals surface area contributed by atoms with E-state index < -0.39 is 42.2 Å². The fourth-order valence-corrected chi connectivity index (χ4v) is 9.66. The van der Waals surface area contributed by atoms with Gasteiger partial charge in [0.05, 0.1) is 43.3 Å². The molecule has 65 heavy (non-hydrogen) atoms. The number of aliphatic hydroxyl groups is 1. The van der Waals surface area contributed by atoms with Crippen LogP contribution in [0.25, 0.3) is 5.65 Å². The molecule has 344 valence electrons. The quantitative estimate of drug-likeness (QED) is 0.0980. The van der Waals surface area contributed by atoms with Crippen LogP contribution < -0.4 is 15.5 Å². The number of fused-ring (bicyclic) bond motifs is 1. The number of cyclic esters (lactones) is 1. The van der Waals surface area contributed by atoms with Gasteiger partial charge in [0.15, 0.2) is 11.3 Å². The Morgan fingerprint density at radius 1 is 0.985 bits per heavy atom. The number of hydrogen-bond donors (Lipinski definition) is 3. The first-order valence-corrected chi connectivity index (χ1v) is 22.7. The summed E-state index contributed by atoms with van der Waals surface area (Å²) in [5, 5.41) is 23.4. The Kier molecular flexibility index (Phi) is 13.4. The summed E-state index contributed by atoms with van der Waals surface area (Å²) in [4.78, 5) is 60.4. The number of aromatic nitrogens is 5. The van der Waals surface area contributed by atoms with Gasteiger partial charge < -0.3 is 29.7 Å². The van der Waals surface area contributed by atoms with Gasteiger partial charge in [-0.1, -0.05) is 24.0 Å². The van der Waals surface area contributed by atoms with Crippen molar-refractivity contribution in [1.29, 1.82) is 0 Å². The molecule has 4 aromatic rings. The molecule has 4 amide bonds. The molecule has 5 fully saturated rings. The molecule has 1 saturated carbocycles. The van der Waals surface area contributed by atoms with Crippen molar-refractivity contribution in [2.45, 2.75) is 107 Å². The molecule has 3 N–H and O–H groups in total. The van der Waals surface area contributed by atoms with Crippen LogP contribution in [0, 0.1) is 17.8 Å². The molecule has 3 aromatic heterocycles. The maximum absolute atomic E-state index is 14.3. The van der Waals surface area contributed by atoms with E-state index in [-0.39, 0.29) is 54.8 Å². The monoisotopic (exact) mass is 896 g/mol. The Labute approximate surface area is 374 Å². The number of imide groups is 1. The van der Waals surface area contributed by atoms with Crippen LogP contribution in [0.15, 0.2) is 48.9 Å². The first-order chi connectivity index (χ1) is 31.5. The second-order valence-corrected chi connectivity index (χ2v) is 17.7. The first kappa shape index (κ1) is 44.2. The van der Waals surface area contributed by atoms with Crippen LogP contribution >= 0.6 is 0 Å². The summed E-state index contributed by atoms with van der Waals surface area (Å²) in [6.45, 7) is 4.95. The van der Waals surface area contributed by atoms with Crippen LogP contribution in [0.5, 0.6) is 0 Å². The third-order valence-electron chi connectivity index (χ3n) is 13.4. The van der Waals surface area contributed by atoms with E-state index in [1.165, 1.54) is 21.8 Å². The topological polar surface area (TPSA) is 189 Å². The number of carbonyl (C=O) groups is 4. The Hall–Kier alpha value is -5.97. The molecule has 5 aliphatic rings. The number of rotatable bonds is 12. The van der Waals surface area contributed by atoms with Crippen molar-refractivity contribution >= 4 is 41.0 Å². The van der Waals surface area contributed by atoms with E-state index in [0.29, 0.717) is 56.3 Å². The molecule has 0 bridgehead atoms. The van der Waals surface area contributed by atoms with Gasteiger partial charge in [0.2, 0.25) is 11.8 Å². The molecule has 17 nitrogen and oxygen atoms in total. The first-order valence-electron chi connectivity index (χ1n) is 22.7. The minimum absolute atomic E-state index is 0.0191. The van der Waals surface area contributed by atoms with Crippen LogP contribution in [0.1, 0.15) is 116 Å². The van der Waals surface area contributed by atoms with E-state index in [2.05, 4.69) is 42.6 Å². The number of nitrogens with one attached hydrogen (secondary N) is 2. The predicted molar refractivity (Wildman–Crippen MR) is 232 cm³/mol. The van der Waals surface area contributed by atoms with Crippen LogP contribution in [0.2, 0.25) is 0 Å². The lowest BCUT2D eigenvalue weighted by Gasteiger charge is -2.36. The highest BCUT2D eigenvalue weighted by Crippen LogP contribution is 2.36. The average Bonchev–Trinajstić information content (AvgIpc) is 4.04. The van der Waals surface area contributed by atoms with Crippen molar-refractivity contribution in [3.8, 4) is 11.8 Å². The fourth-order valence-electron chi connectivity index (χ4n) is 9.66. The van der Waals surface area contributed by atoms with E-state index >= 15 is 0 Å². The normalized spacial score (nSPS) is 23.7. The van der Waals surface area contributed by atoms with Gasteiger partial charge in [-0.25, -0.2) is 23.1 Å². The number of ether oxygens (including phenoxy) is 2. The van der Waals surface area contributed by atoms with E-state index in [1.807, 2.05) is 29.2 Å². The Morgan fingerprint density at radius 3 is 2.49 bits per heavy atom. The van der Waals surface area contributed by atoms with Gasteiger partial charge in [0, 0.05) is 63.5 Å². The third kappa shape index (κ3) is 10.3. The minimum Gasteiger partial charge on any atom is -0.439 e. The summed E-state index contributed by atoms with van der Waals surface area (Å²) < 4.78 is 43.3. The van der Waals surface area contributed by atoms with Crippen LogP contribution in [0.4, 0.5) is 25.1 Å². The van der Waals surface area contributed by atoms with Crippen LogP contribution in [-0.2, 0) is 19.1 Å². The summed E-state index contributed by atoms with van der Waals surface area (Å²) in [6.07, 6.45) is 8.29. The molecule has 7 heterocycles. The molecule has 9 rings (SSSR count). The van der Waals surface area contributed by atoms with Gasteiger partial charge >= 0.3 is 6.09 Å². The minimum atomic E-state index is -2.87. The summed E-state index contributed by atoms with van der Waals surface area (Å²) in [5.74, 6) is 6.14. The summed E-state index contributed by atoms with van der Waals surface area (Å²) in [6, 6.07) is 8.57. The highest BCUT2D eigenvalue weighted by molar-refractivity contribution is 6.08.